The molecule has 0 aromatic heterocycles. The van der Waals surface area contributed by atoms with Crippen molar-refractivity contribution in [2.24, 2.45) is 0 Å². The number of nitrogens with one attached hydrogen (secondary N) is 1. The number of rotatable bonds is 26. The van der Waals surface area contributed by atoms with E-state index in [0.717, 1.165) is 55.4 Å². The molecule has 2 rings (SSSR count). The summed E-state index contributed by atoms with van der Waals surface area (Å²) in [7, 11) is -4.29. The Bertz CT molecular complexity index is 1110. The van der Waals surface area contributed by atoms with E-state index in [0.29, 0.717) is 19.4 Å². The van der Waals surface area contributed by atoms with Crippen LogP contribution in [0, 0.1) is 0 Å². The largest absolute Gasteiger partial charge is 0.489 e. The maximum atomic E-state index is 12.6. The van der Waals surface area contributed by atoms with Gasteiger partial charge in [0.1, 0.15) is 12.4 Å². The lowest BCUT2D eigenvalue weighted by molar-refractivity contribution is -0.121. The number of benzene rings is 2. The summed E-state index contributed by atoms with van der Waals surface area (Å²) in [5.74, 6) is 0.582. The highest BCUT2D eigenvalue weighted by molar-refractivity contribution is 7.51. The summed E-state index contributed by atoms with van der Waals surface area (Å²) < 4.78 is 17.7. The van der Waals surface area contributed by atoms with Gasteiger partial charge in [-0.3, -0.25) is 9.36 Å². The first-order valence-corrected chi connectivity index (χ1v) is 19.4. The molecule has 1 atom stereocenters. The third kappa shape index (κ3) is 20.4. The van der Waals surface area contributed by atoms with Gasteiger partial charge in [0.05, 0.1) is 6.16 Å². The summed E-state index contributed by atoms with van der Waals surface area (Å²) in [4.78, 5) is 31.8. The van der Waals surface area contributed by atoms with Crippen molar-refractivity contribution in [1.29, 1.82) is 0 Å². The van der Waals surface area contributed by atoms with E-state index in [2.05, 4.69) is 55.6 Å². The molecule has 0 saturated heterocycles. The standard InChI is InChI=1S/C38H60NO5P/c1-3-5-7-8-9-10-11-12-13-14-15-16-17-19-21-38(40)39-36(32-45(41,42)43)30-34-26-28-37(29-27-34)44-31-35-24-22-33(23-25-35)20-18-6-4-2/h12-13,22-29,36H,3-11,14-21,30-32H2,1-2H3,(H,39,40)(H2,41,42,43)/b13-12-/t36-/m0/s1. The van der Waals surface area contributed by atoms with Crippen LogP contribution in [0.25, 0.3) is 0 Å². The molecule has 0 saturated carbocycles. The minimum atomic E-state index is -4.29. The van der Waals surface area contributed by atoms with Crippen molar-refractivity contribution in [3.8, 4) is 5.75 Å². The number of hydrogen-bond donors (Lipinski definition) is 3. The van der Waals surface area contributed by atoms with Crippen LogP contribution in [0.2, 0.25) is 0 Å². The van der Waals surface area contributed by atoms with E-state index in [1.165, 1.54) is 69.8 Å². The molecule has 7 heteroatoms. The first-order valence-electron chi connectivity index (χ1n) is 17.6. The highest BCUT2D eigenvalue weighted by Crippen LogP contribution is 2.35. The number of aryl methyl sites for hydroxylation is 1. The Morgan fingerprint density at radius 1 is 0.733 bits per heavy atom. The first kappa shape index (κ1) is 38.8. The van der Waals surface area contributed by atoms with Crippen LogP contribution < -0.4 is 10.1 Å². The molecule has 3 N–H and O–H groups in total. The minimum Gasteiger partial charge on any atom is -0.489 e. The molecule has 0 aliphatic heterocycles. The molecule has 0 unspecified atom stereocenters. The minimum absolute atomic E-state index is 0.149. The summed E-state index contributed by atoms with van der Waals surface area (Å²) in [6.45, 7) is 4.94. The molecule has 0 bridgehead atoms. The van der Waals surface area contributed by atoms with Gasteiger partial charge in [-0.15, -0.1) is 0 Å². The predicted octanol–water partition coefficient (Wildman–Crippen LogP) is 9.85. The van der Waals surface area contributed by atoms with Crippen LogP contribution >= 0.6 is 7.60 Å². The predicted molar refractivity (Wildman–Crippen MR) is 188 cm³/mol. The van der Waals surface area contributed by atoms with E-state index < -0.39 is 13.6 Å². The van der Waals surface area contributed by atoms with Crippen molar-refractivity contribution in [3.05, 3.63) is 77.4 Å². The molecule has 1 amide bonds. The van der Waals surface area contributed by atoms with Crippen LogP contribution in [0.15, 0.2) is 60.7 Å². The number of carbonyl (C=O) groups is 1. The van der Waals surface area contributed by atoms with Gasteiger partial charge in [-0.1, -0.05) is 120 Å². The molecule has 6 nitrogen and oxygen atoms in total. The molecular formula is C38H60NO5P. The molecule has 0 aliphatic rings. The second-order valence-electron chi connectivity index (χ2n) is 12.5. The zero-order valence-electron chi connectivity index (χ0n) is 28.1. The Morgan fingerprint density at radius 2 is 1.27 bits per heavy atom. The van der Waals surface area contributed by atoms with Crippen molar-refractivity contribution >= 4 is 13.5 Å². The van der Waals surface area contributed by atoms with E-state index >= 15 is 0 Å². The smallest absolute Gasteiger partial charge is 0.327 e. The van der Waals surface area contributed by atoms with Gasteiger partial charge in [-0.05, 0) is 80.2 Å². The molecule has 0 aliphatic carbocycles. The van der Waals surface area contributed by atoms with Gasteiger partial charge >= 0.3 is 7.60 Å². The third-order valence-electron chi connectivity index (χ3n) is 8.14. The molecule has 0 radical (unpaired) electrons. The summed E-state index contributed by atoms with van der Waals surface area (Å²) in [6, 6.07) is 15.5. The van der Waals surface area contributed by atoms with E-state index in [-0.39, 0.29) is 12.1 Å². The SMILES string of the molecule is CCCCCCCC/C=C\CCCCCCC(=O)N[C@@H](Cc1ccc(OCc2ccc(CCCCC)cc2)cc1)CP(=O)(O)O. The lowest BCUT2D eigenvalue weighted by Crippen LogP contribution is -2.39. The fourth-order valence-electron chi connectivity index (χ4n) is 5.48. The molecule has 2 aromatic carbocycles. The second-order valence-corrected chi connectivity index (χ2v) is 14.2. The number of amides is 1. The number of allylic oxidation sites excluding steroid dienone is 2. The zero-order valence-corrected chi connectivity index (χ0v) is 29.0. The average molecular weight is 642 g/mol. The zero-order chi connectivity index (χ0) is 32.6. The normalized spacial score (nSPS) is 12.4. The average Bonchev–Trinajstić information content (AvgIpc) is 3.01. The van der Waals surface area contributed by atoms with Gasteiger partial charge in [0.15, 0.2) is 0 Å². The maximum Gasteiger partial charge on any atom is 0.327 e. The molecular weight excluding hydrogens is 581 g/mol. The fraction of sp³-hybridized carbons (Fsp3) is 0.605. The summed E-state index contributed by atoms with van der Waals surface area (Å²) in [5, 5.41) is 2.88. The molecule has 0 heterocycles. The molecule has 45 heavy (non-hydrogen) atoms. The Balaban J connectivity index is 1.67. The van der Waals surface area contributed by atoms with Gasteiger partial charge in [-0.2, -0.15) is 0 Å². The van der Waals surface area contributed by atoms with Crippen LogP contribution in [-0.4, -0.2) is 27.9 Å². The fourth-order valence-corrected chi connectivity index (χ4v) is 6.28. The third-order valence-corrected chi connectivity index (χ3v) is 9.06. The van der Waals surface area contributed by atoms with Gasteiger partial charge < -0.3 is 19.8 Å². The number of unbranched alkanes of at least 4 members (excludes halogenated alkanes) is 12. The number of ether oxygens (including phenoxy) is 1. The molecule has 0 spiro atoms. The second kappa shape index (κ2) is 23.9. The van der Waals surface area contributed by atoms with Crippen LogP contribution in [0.1, 0.15) is 133 Å². The highest BCUT2D eigenvalue weighted by atomic mass is 31.2. The lowest BCUT2D eigenvalue weighted by Gasteiger charge is -2.20. The Hall–Kier alpha value is -2.40. The van der Waals surface area contributed by atoms with Crippen molar-refractivity contribution < 1.29 is 23.9 Å². The van der Waals surface area contributed by atoms with Crippen molar-refractivity contribution in [2.75, 3.05) is 6.16 Å². The van der Waals surface area contributed by atoms with E-state index in [9.17, 15) is 19.1 Å². The monoisotopic (exact) mass is 641 g/mol. The van der Waals surface area contributed by atoms with Crippen LogP contribution in [0.5, 0.6) is 5.75 Å². The molecule has 252 valence electrons. The number of carbonyl (C=O) groups excluding carboxylic acids is 1. The lowest BCUT2D eigenvalue weighted by atomic mass is 10.1. The Labute approximate surface area is 273 Å². The van der Waals surface area contributed by atoms with Gasteiger partial charge in [0.2, 0.25) is 5.91 Å². The van der Waals surface area contributed by atoms with Gasteiger partial charge in [0, 0.05) is 12.5 Å². The summed E-state index contributed by atoms with van der Waals surface area (Å²) in [6.07, 6.45) is 24.0. The van der Waals surface area contributed by atoms with Gasteiger partial charge in [0.25, 0.3) is 0 Å². The van der Waals surface area contributed by atoms with E-state index in [1.807, 2.05) is 24.3 Å². The van der Waals surface area contributed by atoms with E-state index in [4.69, 9.17) is 4.74 Å². The van der Waals surface area contributed by atoms with Crippen molar-refractivity contribution in [1.82, 2.24) is 5.32 Å². The molecule has 2 aromatic rings. The topological polar surface area (TPSA) is 95.9 Å². The Morgan fingerprint density at radius 3 is 1.89 bits per heavy atom. The van der Waals surface area contributed by atoms with Crippen molar-refractivity contribution in [2.45, 2.75) is 142 Å². The first-order chi connectivity index (χ1) is 21.8. The number of hydrogen-bond acceptors (Lipinski definition) is 3. The quantitative estimate of drug-likeness (QED) is 0.0540. The highest BCUT2D eigenvalue weighted by Gasteiger charge is 2.23. The molecule has 0 fully saturated rings. The van der Waals surface area contributed by atoms with E-state index in [1.54, 1.807) is 0 Å². The van der Waals surface area contributed by atoms with Crippen LogP contribution in [0.4, 0.5) is 0 Å². The Kier molecular flexibility index (Phi) is 20.6. The van der Waals surface area contributed by atoms with Crippen LogP contribution in [0.3, 0.4) is 0 Å². The van der Waals surface area contributed by atoms with Gasteiger partial charge in [-0.25, -0.2) is 0 Å². The summed E-state index contributed by atoms with van der Waals surface area (Å²) >= 11 is 0. The maximum absolute atomic E-state index is 12.6. The van der Waals surface area contributed by atoms with Crippen molar-refractivity contribution in [3.63, 3.8) is 0 Å². The summed E-state index contributed by atoms with van der Waals surface area (Å²) in [5.41, 5.74) is 3.35. The van der Waals surface area contributed by atoms with Crippen LogP contribution in [-0.2, 0) is 28.8 Å².